The molecule has 2 amide bonds. The van der Waals surface area contributed by atoms with Crippen molar-refractivity contribution in [2.45, 2.75) is 41.0 Å². The fourth-order valence-electron chi connectivity index (χ4n) is 2.60. The SMILES string of the molecule is CC#N.CC1=C(C)N(C)C(=O)C1.CC1=NC(=O)c2c1c(O)n(C)c2C.I[I-]I.[I][V]([I])[I]. The number of carbonyl (C=O) groups excluding carboxylic acids is 2. The monoisotopic (exact) mass is 1160 g/mol. The van der Waals surface area contributed by atoms with E-state index in [4.69, 9.17) is 5.26 Å². The molecule has 2 aliphatic heterocycles. The average molecular weight is 1160 g/mol. The van der Waals surface area contributed by atoms with Crippen LogP contribution in [0.2, 0.25) is 0 Å². The van der Waals surface area contributed by atoms with Crippen LogP contribution in [0.15, 0.2) is 16.3 Å². The third-order valence-electron chi connectivity index (χ3n) is 4.41. The Hall–Kier alpha value is 2.08. The van der Waals surface area contributed by atoms with E-state index in [0.29, 0.717) is 36.5 Å². The van der Waals surface area contributed by atoms with Crippen molar-refractivity contribution in [3.8, 4) is 11.9 Å². The fraction of sp³-hybridized carbons (Fsp3) is 0.444. The Bertz CT molecular complexity index is 907. The molecule has 0 bridgehead atoms. The standard InChI is InChI=1S/C9H10N2O2.C7H11NO.C2H3N.I3.3HI.V/c1-4-6-7(8(12)10-4)5(2)11(3)9(6)13;1-5-4-7(9)8(3)6(5)2;1-2-3;1-3-2;;;;/h13H,1-3H3;4H2,1-3H3;1H3;;3*1H;/q;;;-1;;;;+3/p-3. The van der Waals surface area contributed by atoms with E-state index in [1.807, 2.05) is 20.9 Å². The first-order valence-electron chi connectivity index (χ1n) is 8.59. The summed E-state index contributed by atoms with van der Waals surface area (Å²) in [6.45, 7) is 8.92. The molecule has 0 saturated heterocycles. The van der Waals surface area contributed by atoms with E-state index in [9.17, 15) is 14.7 Å². The molecule has 182 valence electrons. The van der Waals surface area contributed by atoms with Gasteiger partial charge in [0.2, 0.25) is 11.8 Å². The van der Waals surface area contributed by atoms with Crippen LogP contribution < -0.4 is 13.3 Å². The zero-order valence-corrected chi connectivity index (χ0v) is 32.8. The predicted octanol–water partition coefficient (Wildman–Crippen LogP) is 4.10. The number of allylic oxidation sites excluding steroid dienone is 1. The van der Waals surface area contributed by atoms with Crippen LogP contribution in [0.25, 0.3) is 0 Å². The number of nitriles is 1. The summed E-state index contributed by atoms with van der Waals surface area (Å²) in [4.78, 5) is 27.4. The summed E-state index contributed by atoms with van der Waals surface area (Å²) in [5, 5.41) is 17.0. The van der Waals surface area contributed by atoms with E-state index in [0.717, 1.165) is 11.4 Å². The molecular weight excluding hydrogens is 1130 g/mol. The van der Waals surface area contributed by atoms with Crippen molar-refractivity contribution in [2.24, 2.45) is 12.0 Å². The number of amides is 2. The summed E-state index contributed by atoms with van der Waals surface area (Å²) in [7, 11) is 3.54. The Balaban J connectivity index is 0. The molecule has 1 aromatic heterocycles. The molecule has 0 fully saturated rings. The third-order valence-corrected chi connectivity index (χ3v) is 4.41. The van der Waals surface area contributed by atoms with Gasteiger partial charge in [-0.05, 0) is 33.3 Å². The normalized spacial score (nSPS) is 13.6. The Morgan fingerprint density at radius 1 is 1.09 bits per heavy atom. The molecule has 32 heavy (non-hydrogen) atoms. The Morgan fingerprint density at radius 2 is 1.50 bits per heavy atom. The van der Waals surface area contributed by atoms with Crippen molar-refractivity contribution in [2.75, 3.05) is 7.05 Å². The second kappa shape index (κ2) is 19.2. The van der Waals surface area contributed by atoms with Gasteiger partial charge in [0, 0.05) is 38.8 Å². The summed E-state index contributed by atoms with van der Waals surface area (Å²) in [6.07, 6.45) is 0.613. The third kappa shape index (κ3) is 12.4. The van der Waals surface area contributed by atoms with Gasteiger partial charge in [-0.1, -0.05) is 0 Å². The average Bonchev–Trinajstić information content (AvgIpc) is 3.19. The molecule has 2 aliphatic rings. The van der Waals surface area contributed by atoms with Crippen molar-refractivity contribution < 1.29 is 32.9 Å². The molecule has 1 N–H and O–H groups in total. The van der Waals surface area contributed by atoms with E-state index in [-0.39, 0.29) is 22.6 Å². The predicted molar refractivity (Wildman–Crippen MR) is 166 cm³/mol. The number of carbonyl (C=O) groups is 2. The van der Waals surface area contributed by atoms with E-state index >= 15 is 0 Å². The van der Waals surface area contributed by atoms with Gasteiger partial charge in [-0.2, -0.15) is 5.26 Å². The Kier molecular flexibility index (Phi) is 21.8. The van der Waals surface area contributed by atoms with Gasteiger partial charge in [-0.25, -0.2) is 4.99 Å². The molecule has 0 unspecified atom stereocenters. The molecule has 3 rings (SSSR count). The van der Waals surface area contributed by atoms with E-state index in [1.54, 1.807) is 36.4 Å². The maximum absolute atomic E-state index is 11.4. The Morgan fingerprint density at radius 3 is 1.75 bits per heavy atom. The molecule has 0 spiro atoms. The van der Waals surface area contributed by atoms with Gasteiger partial charge in [0.25, 0.3) is 5.91 Å². The number of halogens is 6. The van der Waals surface area contributed by atoms with Crippen LogP contribution in [0.3, 0.4) is 0 Å². The Labute approximate surface area is 257 Å². The van der Waals surface area contributed by atoms with Crippen molar-refractivity contribution in [3.63, 3.8) is 0 Å². The van der Waals surface area contributed by atoms with Crippen LogP contribution in [-0.2, 0) is 16.8 Å². The number of rotatable bonds is 0. The van der Waals surface area contributed by atoms with Gasteiger partial charge in [0.05, 0.1) is 22.9 Å². The van der Waals surface area contributed by atoms with Gasteiger partial charge in [-0.3, -0.25) is 9.59 Å². The molecule has 0 atom stereocenters. The van der Waals surface area contributed by atoms with E-state index < -0.39 is 0 Å². The maximum atomic E-state index is 11.4. The molecule has 0 saturated carbocycles. The zero-order chi connectivity index (χ0) is 25.8. The summed E-state index contributed by atoms with van der Waals surface area (Å²) in [6, 6.07) is 1.75. The molecule has 14 heteroatoms. The number of hydrogen-bond donors (Lipinski definition) is 1. The van der Waals surface area contributed by atoms with E-state index in [2.05, 4.69) is 102 Å². The first kappa shape index (κ1) is 36.2. The number of hydrogen-bond acceptors (Lipinski definition) is 4. The molecular formula is C18H24I6N4O3V-. The summed E-state index contributed by atoms with van der Waals surface area (Å²) in [5.74, 6) is 0.0884. The first-order valence-corrected chi connectivity index (χ1v) is 34.7. The topological polar surface area (TPSA) is 98.7 Å². The summed E-state index contributed by atoms with van der Waals surface area (Å²) < 4.78 is 1.60. The van der Waals surface area contributed by atoms with Crippen molar-refractivity contribution in [1.29, 1.82) is 5.26 Å². The van der Waals surface area contributed by atoms with Crippen LogP contribution in [0, 0.1) is 18.3 Å². The first-order chi connectivity index (χ1) is 14.7. The van der Waals surface area contributed by atoms with E-state index in [1.165, 1.54) is 12.5 Å². The van der Waals surface area contributed by atoms with Gasteiger partial charge >= 0.3 is 115 Å². The molecule has 0 aliphatic carbocycles. The van der Waals surface area contributed by atoms with Gasteiger partial charge < -0.3 is 14.6 Å². The second-order valence-corrected chi connectivity index (χ2v) is 57.8. The van der Waals surface area contributed by atoms with Gasteiger partial charge in [0.15, 0.2) is 0 Å². The number of aromatic nitrogens is 1. The zero-order valence-electron chi connectivity index (χ0n) is 18.5. The van der Waals surface area contributed by atoms with Crippen LogP contribution in [0.4, 0.5) is 0 Å². The van der Waals surface area contributed by atoms with Gasteiger partial charge in [0.1, 0.15) is 0 Å². The molecule has 0 aromatic carbocycles. The van der Waals surface area contributed by atoms with Crippen LogP contribution >= 0.6 is 97.2 Å². The summed E-state index contributed by atoms with van der Waals surface area (Å²) >= 11 is 12.7. The molecule has 1 aromatic rings. The second-order valence-electron chi connectivity index (χ2n) is 6.18. The van der Waals surface area contributed by atoms with Crippen LogP contribution in [0.1, 0.15) is 55.7 Å². The molecule has 3 heterocycles. The van der Waals surface area contributed by atoms with Crippen molar-refractivity contribution >= 4 is 115 Å². The summed E-state index contributed by atoms with van der Waals surface area (Å²) in [5.41, 5.74) is 4.80. The van der Waals surface area contributed by atoms with Gasteiger partial charge in [-0.15, -0.1) is 0 Å². The minimum absolute atomic E-state index is 0.125. The quantitative estimate of drug-likeness (QED) is 0.396. The fourth-order valence-corrected chi connectivity index (χ4v) is 2.60. The number of aromatic hydroxyl groups is 1. The van der Waals surface area contributed by atoms with Crippen molar-refractivity contribution in [1.82, 2.24) is 9.47 Å². The van der Waals surface area contributed by atoms with Crippen LogP contribution in [0.5, 0.6) is 5.88 Å². The van der Waals surface area contributed by atoms with Crippen molar-refractivity contribution in [3.05, 3.63) is 28.1 Å². The molecule has 0 radical (unpaired) electrons. The number of aliphatic imine (C=N–C) groups is 1. The number of nitrogens with zero attached hydrogens (tertiary/aromatic N) is 4. The minimum atomic E-state index is -0.278. The van der Waals surface area contributed by atoms with Crippen LogP contribution in [-0.4, -0.2) is 39.1 Å². The molecule has 7 nitrogen and oxygen atoms in total. The number of fused-ring (bicyclic) bond motifs is 1.